The second-order valence-electron chi connectivity index (χ2n) is 11.2. The third-order valence-corrected chi connectivity index (χ3v) is 10.3. The first-order chi connectivity index (χ1) is 19.0. The van der Waals surface area contributed by atoms with Gasteiger partial charge < -0.3 is 15.1 Å². The summed E-state index contributed by atoms with van der Waals surface area (Å²) in [5.74, 6) is -2.17. The Hall–Kier alpha value is -3.18. The maximum atomic E-state index is 14.0. The first kappa shape index (κ1) is 28.4. The highest BCUT2D eigenvalue weighted by Gasteiger charge is 2.44. The van der Waals surface area contributed by atoms with Gasteiger partial charge >= 0.3 is 0 Å². The van der Waals surface area contributed by atoms with Crippen molar-refractivity contribution in [3.05, 3.63) is 60.4 Å². The maximum absolute atomic E-state index is 14.0. The van der Waals surface area contributed by atoms with E-state index in [-0.39, 0.29) is 46.4 Å². The fourth-order valence-electron chi connectivity index (χ4n) is 6.11. The van der Waals surface area contributed by atoms with E-state index in [1.165, 1.54) is 6.33 Å². The predicted molar refractivity (Wildman–Crippen MR) is 150 cm³/mol. The summed E-state index contributed by atoms with van der Waals surface area (Å²) in [7, 11) is -1.49. The fraction of sp³-hybridized carbons (Fsp3) is 0.483. The van der Waals surface area contributed by atoms with Crippen molar-refractivity contribution in [3.63, 3.8) is 0 Å². The first-order valence-corrected chi connectivity index (χ1v) is 15.4. The smallest absolute Gasteiger partial charge is 0.245 e. The standard InChI is InChI=1S/C29H35F2N5O3S/c1-18(2)35(3)20-9-10-27(19(13-20)16-40(38,39)21-7-5-4-6-8-21)36-12-11-25(29(36)37)34-28-22-14-23(30)24(31)15-26(22)32-17-33-28/h4-8,14-15,17-20,25,27H,9-13,16H2,1-3H3,(H,32,33,34)/t19-,20-,25+,27+/m1/s1. The number of nitrogens with zero attached hydrogens (tertiary/aromatic N) is 4. The van der Waals surface area contributed by atoms with Crippen molar-refractivity contribution in [2.75, 3.05) is 24.7 Å². The fourth-order valence-corrected chi connectivity index (χ4v) is 7.79. The first-order valence-electron chi connectivity index (χ1n) is 13.7. The van der Waals surface area contributed by atoms with Crippen LogP contribution in [0.15, 0.2) is 53.7 Å². The third-order valence-electron chi connectivity index (χ3n) is 8.47. The Balaban J connectivity index is 1.38. The molecule has 214 valence electrons. The van der Waals surface area contributed by atoms with Gasteiger partial charge in [0.1, 0.15) is 18.2 Å². The molecule has 2 fully saturated rings. The molecule has 1 aliphatic heterocycles. The molecule has 8 nitrogen and oxygen atoms in total. The monoisotopic (exact) mass is 571 g/mol. The Kier molecular flexibility index (Phi) is 8.05. The lowest BCUT2D eigenvalue weighted by Gasteiger charge is -2.44. The van der Waals surface area contributed by atoms with Crippen molar-refractivity contribution in [2.24, 2.45) is 5.92 Å². The number of likely N-dealkylation sites (tertiary alicyclic amines) is 1. The number of aromatic nitrogens is 2. The summed E-state index contributed by atoms with van der Waals surface area (Å²) in [5.41, 5.74) is 0.234. The highest BCUT2D eigenvalue weighted by Crippen LogP contribution is 2.36. The van der Waals surface area contributed by atoms with Crippen molar-refractivity contribution < 1.29 is 22.0 Å². The average molecular weight is 572 g/mol. The Morgan fingerprint density at radius 1 is 1.07 bits per heavy atom. The average Bonchev–Trinajstić information content (AvgIpc) is 3.29. The van der Waals surface area contributed by atoms with Gasteiger partial charge in [0, 0.05) is 36.1 Å². The van der Waals surface area contributed by atoms with Crippen LogP contribution in [-0.2, 0) is 14.6 Å². The Morgan fingerprint density at radius 2 is 1.80 bits per heavy atom. The number of rotatable bonds is 8. The summed E-state index contributed by atoms with van der Waals surface area (Å²) < 4.78 is 54.6. The van der Waals surface area contributed by atoms with Crippen LogP contribution in [0.25, 0.3) is 10.9 Å². The summed E-state index contributed by atoms with van der Waals surface area (Å²) in [6, 6.07) is 10.2. The van der Waals surface area contributed by atoms with E-state index >= 15 is 0 Å². The van der Waals surface area contributed by atoms with Gasteiger partial charge in [-0.25, -0.2) is 27.2 Å². The predicted octanol–water partition coefficient (Wildman–Crippen LogP) is 4.27. The Labute approximate surface area is 233 Å². The van der Waals surface area contributed by atoms with Crippen LogP contribution in [-0.4, -0.2) is 77.6 Å². The van der Waals surface area contributed by atoms with Crippen molar-refractivity contribution in [1.82, 2.24) is 19.8 Å². The Bertz CT molecular complexity index is 1490. The van der Waals surface area contributed by atoms with Crippen LogP contribution in [0.3, 0.4) is 0 Å². The van der Waals surface area contributed by atoms with E-state index in [0.717, 1.165) is 18.6 Å². The van der Waals surface area contributed by atoms with Crippen molar-refractivity contribution >= 4 is 32.5 Å². The van der Waals surface area contributed by atoms with Crippen LogP contribution in [0.4, 0.5) is 14.6 Å². The number of nitrogens with one attached hydrogen (secondary N) is 1. The van der Waals surface area contributed by atoms with Crippen LogP contribution in [0.5, 0.6) is 0 Å². The summed E-state index contributed by atoms with van der Waals surface area (Å²) >= 11 is 0. The van der Waals surface area contributed by atoms with E-state index in [9.17, 15) is 22.0 Å². The zero-order chi connectivity index (χ0) is 28.6. The van der Waals surface area contributed by atoms with Crippen molar-refractivity contribution in [3.8, 4) is 0 Å². The van der Waals surface area contributed by atoms with Gasteiger partial charge in [-0.1, -0.05) is 18.2 Å². The molecule has 0 spiro atoms. The van der Waals surface area contributed by atoms with E-state index in [1.807, 2.05) is 4.90 Å². The van der Waals surface area contributed by atoms with Crippen LogP contribution in [0, 0.1) is 17.6 Å². The summed E-state index contributed by atoms with van der Waals surface area (Å²) in [5, 5.41) is 3.41. The highest BCUT2D eigenvalue weighted by molar-refractivity contribution is 7.91. The zero-order valence-corrected chi connectivity index (χ0v) is 23.7. The topological polar surface area (TPSA) is 95.5 Å². The molecule has 2 aliphatic rings. The largest absolute Gasteiger partial charge is 0.358 e. The number of hydrogen-bond donors (Lipinski definition) is 1. The van der Waals surface area contributed by atoms with Gasteiger partial charge in [0.25, 0.3) is 0 Å². The molecule has 5 rings (SSSR count). The number of halogens is 2. The molecule has 0 bridgehead atoms. The lowest BCUT2D eigenvalue weighted by Crippen LogP contribution is -2.52. The molecule has 1 aromatic heterocycles. The molecule has 1 aliphatic carbocycles. The molecule has 1 saturated heterocycles. The van der Waals surface area contributed by atoms with Crippen LogP contribution < -0.4 is 5.32 Å². The molecule has 2 heterocycles. The van der Waals surface area contributed by atoms with Crippen molar-refractivity contribution in [1.29, 1.82) is 0 Å². The lowest BCUT2D eigenvalue weighted by atomic mass is 9.81. The molecule has 40 heavy (non-hydrogen) atoms. The van der Waals surface area contributed by atoms with Gasteiger partial charge in [-0.2, -0.15) is 0 Å². The van der Waals surface area contributed by atoms with E-state index < -0.39 is 27.5 Å². The molecule has 1 saturated carbocycles. The quantitative estimate of drug-likeness (QED) is 0.432. The molecule has 11 heteroatoms. The minimum absolute atomic E-state index is 0.0343. The van der Waals surface area contributed by atoms with Crippen LogP contribution >= 0.6 is 0 Å². The second kappa shape index (κ2) is 11.4. The molecule has 0 unspecified atom stereocenters. The molecule has 1 amide bonds. The number of carbonyl (C=O) groups is 1. The van der Waals surface area contributed by atoms with E-state index in [4.69, 9.17) is 0 Å². The zero-order valence-electron chi connectivity index (χ0n) is 22.9. The van der Waals surface area contributed by atoms with E-state index in [1.54, 1.807) is 30.3 Å². The summed E-state index contributed by atoms with van der Waals surface area (Å²) in [6.07, 6.45) is 3.98. The molecule has 0 radical (unpaired) electrons. The van der Waals surface area contributed by atoms with Gasteiger partial charge in [-0.3, -0.25) is 4.79 Å². The molecular weight excluding hydrogens is 536 g/mol. The van der Waals surface area contributed by atoms with Crippen LogP contribution in [0.2, 0.25) is 0 Å². The lowest BCUT2D eigenvalue weighted by molar-refractivity contribution is -0.132. The van der Waals surface area contributed by atoms with Gasteiger partial charge in [0.15, 0.2) is 21.5 Å². The minimum atomic E-state index is -3.56. The van der Waals surface area contributed by atoms with Crippen molar-refractivity contribution in [2.45, 2.75) is 68.6 Å². The van der Waals surface area contributed by atoms with Gasteiger partial charge in [0.2, 0.25) is 5.91 Å². The van der Waals surface area contributed by atoms with Gasteiger partial charge in [-0.05, 0) is 70.7 Å². The molecule has 3 aromatic rings. The molecule has 1 N–H and O–H groups in total. The van der Waals surface area contributed by atoms with E-state index in [2.05, 4.69) is 41.1 Å². The number of carbonyl (C=O) groups excluding carboxylic acids is 1. The summed E-state index contributed by atoms with van der Waals surface area (Å²) in [6.45, 7) is 4.72. The van der Waals surface area contributed by atoms with E-state index in [0.29, 0.717) is 36.7 Å². The number of benzene rings is 2. The molecule has 2 aromatic carbocycles. The SMILES string of the molecule is CC(C)N(C)[C@@H]1CC[C@H](N2CC[C@H](Nc3ncnc4cc(F)c(F)cc34)C2=O)[C@@H](CS(=O)(=O)c2ccccc2)C1. The van der Waals surface area contributed by atoms with Gasteiger partial charge in [-0.15, -0.1) is 0 Å². The number of fused-ring (bicyclic) bond motifs is 1. The number of anilines is 1. The Morgan fingerprint density at radius 3 is 2.52 bits per heavy atom. The number of sulfone groups is 1. The number of amides is 1. The summed E-state index contributed by atoms with van der Waals surface area (Å²) in [4.78, 5) is 26.3. The molecular formula is C29H35F2N5O3S. The molecule has 4 atom stereocenters. The highest BCUT2D eigenvalue weighted by atomic mass is 32.2. The van der Waals surface area contributed by atoms with Crippen LogP contribution in [0.1, 0.15) is 39.5 Å². The third kappa shape index (κ3) is 5.67. The number of hydrogen-bond acceptors (Lipinski definition) is 7. The second-order valence-corrected chi connectivity index (χ2v) is 13.2. The maximum Gasteiger partial charge on any atom is 0.245 e. The minimum Gasteiger partial charge on any atom is -0.358 e. The normalized spacial score (nSPS) is 23.9. The van der Waals surface area contributed by atoms with Gasteiger partial charge in [0.05, 0.1) is 16.2 Å².